The van der Waals surface area contributed by atoms with E-state index in [0.29, 0.717) is 5.69 Å². The molecule has 6 heteroatoms. The standard InChI is InChI=1S/C31H47N3O3/c1-2-3-4-5-6-7-8-9-10-11-12-13-14-15-16-18-21-26-24-29(35)33(31(26)37)28-25-30(36)34(32-28)27-22-19-17-20-23-27/h17,19-20,22-23,25-26,32H,2-16,18,21,24H2,1H3. The second-order valence-corrected chi connectivity index (χ2v) is 10.7. The van der Waals surface area contributed by atoms with E-state index < -0.39 is 0 Å². The number of amides is 2. The molecule has 2 amide bonds. The van der Waals surface area contributed by atoms with E-state index in [1.54, 1.807) is 12.1 Å². The Balaban J connectivity index is 1.24. The van der Waals surface area contributed by atoms with Crippen LogP contribution in [0, 0.1) is 5.92 Å². The fourth-order valence-corrected chi connectivity index (χ4v) is 5.38. The predicted octanol–water partition coefficient (Wildman–Crippen LogP) is 7.70. The van der Waals surface area contributed by atoms with Crippen molar-refractivity contribution in [3.05, 3.63) is 46.8 Å². The highest BCUT2D eigenvalue weighted by atomic mass is 16.2. The van der Waals surface area contributed by atoms with Gasteiger partial charge in [-0.2, -0.15) is 0 Å². The van der Waals surface area contributed by atoms with Crippen molar-refractivity contribution < 1.29 is 9.59 Å². The van der Waals surface area contributed by atoms with Crippen molar-refractivity contribution in [2.45, 2.75) is 122 Å². The summed E-state index contributed by atoms with van der Waals surface area (Å²) in [6.45, 7) is 2.27. The van der Waals surface area contributed by atoms with E-state index in [1.807, 2.05) is 18.2 Å². The van der Waals surface area contributed by atoms with Crippen molar-refractivity contribution in [3.8, 4) is 5.69 Å². The summed E-state index contributed by atoms with van der Waals surface area (Å²) in [5, 5.41) is 2.93. The highest BCUT2D eigenvalue weighted by Crippen LogP contribution is 2.28. The number of para-hydroxylation sites is 1. The molecule has 0 spiro atoms. The summed E-state index contributed by atoms with van der Waals surface area (Å²) in [7, 11) is 0. The molecule has 0 saturated carbocycles. The van der Waals surface area contributed by atoms with Crippen molar-refractivity contribution in [1.29, 1.82) is 0 Å². The molecule has 1 atom stereocenters. The molecule has 204 valence electrons. The van der Waals surface area contributed by atoms with Crippen molar-refractivity contribution >= 4 is 17.6 Å². The van der Waals surface area contributed by atoms with Gasteiger partial charge in [0, 0.05) is 18.4 Å². The number of carbonyl (C=O) groups is 2. The lowest BCUT2D eigenvalue weighted by Gasteiger charge is -2.13. The topological polar surface area (TPSA) is 75.2 Å². The number of hydrogen-bond acceptors (Lipinski definition) is 3. The Morgan fingerprint density at radius 2 is 1.24 bits per heavy atom. The Morgan fingerprint density at radius 1 is 0.730 bits per heavy atom. The van der Waals surface area contributed by atoms with E-state index in [-0.39, 0.29) is 35.5 Å². The van der Waals surface area contributed by atoms with Gasteiger partial charge in [0.05, 0.1) is 5.69 Å². The third-order valence-electron chi connectivity index (χ3n) is 7.61. The van der Waals surface area contributed by atoms with E-state index in [9.17, 15) is 14.4 Å². The molecule has 1 aromatic carbocycles. The SMILES string of the molecule is CCCCCCCCCCCCCCCCCCC1CC(=O)N(c2cc(=O)n(-c3ccccc3)[nH]2)C1=O. The first-order chi connectivity index (χ1) is 18.1. The summed E-state index contributed by atoms with van der Waals surface area (Å²) in [6, 6.07) is 10.5. The maximum Gasteiger partial charge on any atom is 0.273 e. The summed E-state index contributed by atoms with van der Waals surface area (Å²) in [5.41, 5.74) is 0.380. The van der Waals surface area contributed by atoms with E-state index >= 15 is 0 Å². The summed E-state index contributed by atoms with van der Waals surface area (Å²) < 4.78 is 1.36. The van der Waals surface area contributed by atoms with Gasteiger partial charge in [-0.3, -0.25) is 19.5 Å². The number of imide groups is 1. The third kappa shape index (κ3) is 9.32. The lowest BCUT2D eigenvalue weighted by Crippen LogP contribution is -2.31. The van der Waals surface area contributed by atoms with Crippen molar-refractivity contribution in [1.82, 2.24) is 9.78 Å². The first-order valence-electron chi connectivity index (χ1n) is 14.9. The number of H-pyrrole nitrogens is 1. The minimum absolute atomic E-state index is 0.188. The molecule has 6 nitrogen and oxygen atoms in total. The number of unbranched alkanes of at least 4 members (excludes halogenated alkanes) is 15. The molecule has 1 N–H and O–H groups in total. The monoisotopic (exact) mass is 509 g/mol. The van der Waals surface area contributed by atoms with Crippen LogP contribution in [-0.4, -0.2) is 21.6 Å². The number of hydrogen-bond donors (Lipinski definition) is 1. The van der Waals surface area contributed by atoms with Crippen LogP contribution >= 0.6 is 0 Å². The minimum Gasteiger partial charge on any atom is -0.275 e. The van der Waals surface area contributed by atoms with Crippen LogP contribution in [0.5, 0.6) is 0 Å². The van der Waals surface area contributed by atoms with Crippen LogP contribution in [0.2, 0.25) is 0 Å². The van der Waals surface area contributed by atoms with Crippen LogP contribution in [0.4, 0.5) is 5.82 Å². The maximum absolute atomic E-state index is 12.9. The summed E-state index contributed by atoms with van der Waals surface area (Å²) >= 11 is 0. The number of rotatable bonds is 19. The van der Waals surface area contributed by atoms with Gasteiger partial charge in [0.2, 0.25) is 11.8 Å². The molecular formula is C31H47N3O3. The van der Waals surface area contributed by atoms with Gasteiger partial charge in [-0.15, -0.1) is 0 Å². The van der Waals surface area contributed by atoms with Crippen molar-refractivity contribution in [2.24, 2.45) is 5.92 Å². The zero-order chi connectivity index (χ0) is 26.3. The maximum atomic E-state index is 12.9. The molecule has 1 unspecified atom stereocenters. The molecule has 1 aliphatic rings. The molecular weight excluding hydrogens is 462 g/mol. The fourth-order valence-electron chi connectivity index (χ4n) is 5.38. The average molecular weight is 510 g/mol. The zero-order valence-corrected chi connectivity index (χ0v) is 22.9. The third-order valence-corrected chi connectivity index (χ3v) is 7.61. The number of aromatic amines is 1. The summed E-state index contributed by atoms with van der Waals surface area (Å²) in [4.78, 5) is 39.1. The highest BCUT2D eigenvalue weighted by molar-refractivity contribution is 6.20. The Morgan fingerprint density at radius 3 is 1.78 bits per heavy atom. The van der Waals surface area contributed by atoms with Crippen LogP contribution in [0.15, 0.2) is 41.2 Å². The lowest BCUT2D eigenvalue weighted by atomic mass is 9.98. The first-order valence-corrected chi connectivity index (χ1v) is 14.9. The van der Waals surface area contributed by atoms with Crippen LogP contribution in [-0.2, 0) is 9.59 Å². The lowest BCUT2D eigenvalue weighted by molar-refractivity contribution is -0.122. The molecule has 1 aromatic heterocycles. The predicted molar refractivity (Wildman–Crippen MR) is 151 cm³/mol. The van der Waals surface area contributed by atoms with Gasteiger partial charge in [-0.1, -0.05) is 128 Å². The number of nitrogens with zero attached hydrogens (tertiary/aromatic N) is 2. The minimum atomic E-state index is -0.289. The van der Waals surface area contributed by atoms with Gasteiger partial charge in [0.25, 0.3) is 5.56 Å². The van der Waals surface area contributed by atoms with Crippen LogP contribution in [0.25, 0.3) is 5.69 Å². The van der Waals surface area contributed by atoms with E-state index in [1.165, 1.54) is 101 Å². The first kappa shape index (κ1) is 28.9. The van der Waals surface area contributed by atoms with E-state index in [4.69, 9.17) is 0 Å². The Hall–Kier alpha value is -2.63. The molecule has 0 bridgehead atoms. The summed E-state index contributed by atoms with van der Waals surface area (Å²) in [5.74, 6) is -0.429. The number of aromatic nitrogens is 2. The van der Waals surface area contributed by atoms with Gasteiger partial charge >= 0.3 is 0 Å². The van der Waals surface area contributed by atoms with Crippen molar-refractivity contribution in [2.75, 3.05) is 4.90 Å². The highest BCUT2D eigenvalue weighted by Gasteiger charge is 2.40. The molecule has 37 heavy (non-hydrogen) atoms. The second-order valence-electron chi connectivity index (χ2n) is 10.7. The van der Waals surface area contributed by atoms with Crippen molar-refractivity contribution in [3.63, 3.8) is 0 Å². The van der Waals surface area contributed by atoms with Gasteiger partial charge < -0.3 is 0 Å². The van der Waals surface area contributed by atoms with E-state index in [0.717, 1.165) is 24.2 Å². The molecule has 0 aliphatic carbocycles. The normalized spacial score (nSPS) is 15.7. The number of benzene rings is 1. The molecule has 2 aromatic rings. The van der Waals surface area contributed by atoms with E-state index in [2.05, 4.69) is 12.0 Å². The zero-order valence-electron chi connectivity index (χ0n) is 22.9. The number of anilines is 1. The molecule has 3 rings (SSSR count). The molecule has 1 saturated heterocycles. The van der Waals surface area contributed by atoms with Gasteiger partial charge in [0.1, 0.15) is 5.82 Å². The number of carbonyl (C=O) groups excluding carboxylic acids is 2. The van der Waals surface area contributed by atoms with Gasteiger partial charge in [0.15, 0.2) is 0 Å². The fraction of sp³-hybridized carbons (Fsp3) is 0.645. The Kier molecular flexibility index (Phi) is 12.7. The summed E-state index contributed by atoms with van der Waals surface area (Å²) in [6.07, 6.45) is 22.1. The largest absolute Gasteiger partial charge is 0.275 e. The Labute approximate surface area is 222 Å². The van der Waals surface area contributed by atoms with Gasteiger partial charge in [-0.25, -0.2) is 9.58 Å². The van der Waals surface area contributed by atoms with Crippen LogP contribution in [0.1, 0.15) is 122 Å². The van der Waals surface area contributed by atoms with Crippen LogP contribution in [0.3, 0.4) is 0 Å². The molecule has 1 aliphatic heterocycles. The Bertz CT molecular complexity index is 995. The smallest absolute Gasteiger partial charge is 0.273 e. The molecule has 2 heterocycles. The quantitative estimate of drug-likeness (QED) is 0.156. The molecule has 1 fully saturated rings. The van der Waals surface area contributed by atoms with Crippen LogP contribution < -0.4 is 10.5 Å². The second kappa shape index (κ2) is 16.3. The molecule has 0 radical (unpaired) electrons. The average Bonchev–Trinajstić information content (AvgIpc) is 3.42. The van der Waals surface area contributed by atoms with Gasteiger partial charge in [-0.05, 0) is 18.6 Å². The number of nitrogens with one attached hydrogen (secondary N) is 1.